The Morgan fingerprint density at radius 2 is 1.23 bits per heavy atom. The number of ether oxygens (including phenoxy) is 5. The van der Waals surface area contributed by atoms with Gasteiger partial charge in [0, 0.05) is 50.1 Å². The number of aromatic amines is 2. The Morgan fingerprint density at radius 3 is 1.67 bits per heavy atom. The first-order valence-electron chi connectivity index (χ1n) is 12.9. The van der Waals surface area contributed by atoms with Crippen LogP contribution in [0.15, 0.2) is 87.8 Å². The molecule has 2 aromatic carbocycles. The quantitative estimate of drug-likeness (QED) is 0.0835. The highest BCUT2D eigenvalue weighted by molar-refractivity contribution is 7.98. The van der Waals surface area contributed by atoms with Crippen molar-refractivity contribution in [1.29, 1.82) is 0 Å². The van der Waals surface area contributed by atoms with E-state index < -0.39 is 0 Å². The molecule has 0 spiro atoms. The molecule has 0 amide bonds. The van der Waals surface area contributed by atoms with Gasteiger partial charge in [-0.15, -0.1) is 0 Å². The third kappa shape index (κ3) is 17.9. The van der Waals surface area contributed by atoms with E-state index in [1.165, 1.54) is 36.3 Å². The molecule has 2 heterocycles. The van der Waals surface area contributed by atoms with Crippen LogP contribution in [0.2, 0.25) is 0 Å². The fourth-order valence-corrected chi connectivity index (χ4v) is 3.06. The number of nitrogen functional groups attached to an aromatic ring is 1. The summed E-state index contributed by atoms with van der Waals surface area (Å²) in [6, 6.07) is 17.3. The Balaban J connectivity index is 0.000000300. The molecular weight excluding hydrogens is 576 g/mol. The summed E-state index contributed by atoms with van der Waals surface area (Å²) >= 11 is 1.42. The molecule has 2 aromatic heterocycles. The zero-order valence-electron chi connectivity index (χ0n) is 25.0. The van der Waals surface area contributed by atoms with Crippen molar-refractivity contribution in [2.45, 2.75) is 5.16 Å². The minimum absolute atomic E-state index is 0.102. The van der Waals surface area contributed by atoms with Gasteiger partial charge in [-0.1, -0.05) is 11.8 Å². The normalized spacial score (nSPS) is 9.60. The van der Waals surface area contributed by atoms with Gasteiger partial charge in [-0.2, -0.15) is 0 Å². The van der Waals surface area contributed by atoms with Gasteiger partial charge in [0.25, 0.3) is 11.1 Å². The number of hydrogen-bond acceptors (Lipinski definition) is 12. The SMILES string of the molecule is COCCOCCOC.COc1ccc(N)cc1.COc1ccc(Nc2nccc(=O)[nH]2)cc1.CSc1nccc(=O)[nH]1. The van der Waals surface area contributed by atoms with Gasteiger partial charge >= 0.3 is 0 Å². The summed E-state index contributed by atoms with van der Waals surface area (Å²) in [4.78, 5) is 34.5. The Labute approximate surface area is 255 Å². The first-order valence-corrected chi connectivity index (χ1v) is 14.1. The van der Waals surface area contributed by atoms with Gasteiger partial charge in [-0.05, 0) is 54.8 Å². The van der Waals surface area contributed by atoms with Crippen molar-refractivity contribution in [3.63, 3.8) is 0 Å². The smallest absolute Gasteiger partial charge is 0.252 e. The largest absolute Gasteiger partial charge is 0.497 e. The van der Waals surface area contributed by atoms with Crippen molar-refractivity contribution in [2.75, 3.05) is 72.2 Å². The van der Waals surface area contributed by atoms with E-state index in [-0.39, 0.29) is 11.1 Å². The van der Waals surface area contributed by atoms with Crippen LogP contribution in [0.3, 0.4) is 0 Å². The number of thioether (sulfide) groups is 1. The molecule has 0 atom stereocenters. The average Bonchev–Trinajstić information content (AvgIpc) is 3.03. The highest BCUT2D eigenvalue weighted by Crippen LogP contribution is 2.17. The van der Waals surface area contributed by atoms with E-state index in [1.807, 2.05) is 42.7 Å². The molecule has 0 aliphatic carbocycles. The number of H-pyrrole nitrogens is 2. The summed E-state index contributed by atoms with van der Waals surface area (Å²) < 4.78 is 24.5. The lowest BCUT2D eigenvalue weighted by Gasteiger charge is -2.05. The predicted molar refractivity (Wildman–Crippen MR) is 170 cm³/mol. The van der Waals surface area contributed by atoms with Crippen molar-refractivity contribution < 1.29 is 23.7 Å². The van der Waals surface area contributed by atoms with Gasteiger partial charge in [-0.3, -0.25) is 14.6 Å². The van der Waals surface area contributed by atoms with E-state index in [0.29, 0.717) is 37.5 Å². The monoisotopic (exact) mass is 616 g/mol. The predicted octanol–water partition coefficient (Wildman–Crippen LogP) is 3.59. The Morgan fingerprint density at radius 1 is 0.721 bits per heavy atom. The van der Waals surface area contributed by atoms with Crippen LogP contribution in [-0.4, -0.2) is 81.1 Å². The van der Waals surface area contributed by atoms with Crippen molar-refractivity contribution in [3.8, 4) is 11.5 Å². The van der Waals surface area contributed by atoms with Gasteiger partial charge in [-0.25, -0.2) is 9.97 Å². The molecule has 13 nitrogen and oxygen atoms in total. The second-order valence-corrected chi connectivity index (χ2v) is 8.75. The minimum atomic E-state index is -0.189. The number of rotatable bonds is 11. The highest BCUT2D eigenvalue weighted by atomic mass is 32.2. The number of benzene rings is 2. The van der Waals surface area contributed by atoms with Crippen LogP contribution in [0.4, 0.5) is 17.3 Å². The van der Waals surface area contributed by atoms with E-state index >= 15 is 0 Å². The average molecular weight is 617 g/mol. The summed E-state index contributed by atoms with van der Waals surface area (Å²) in [6.45, 7) is 2.62. The van der Waals surface area contributed by atoms with Crippen molar-refractivity contribution in [2.24, 2.45) is 0 Å². The maximum Gasteiger partial charge on any atom is 0.252 e. The van der Waals surface area contributed by atoms with Crippen molar-refractivity contribution in [3.05, 3.63) is 93.8 Å². The molecule has 0 aliphatic heterocycles. The molecule has 0 unspecified atom stereocenters. The fraction of sp³-hybridized carbons (Fsp3) is 0.310. The second kappa shape index (κ2) is 23.2. The summed E-state index contributed by atoms with van der Waals surface area (Å²) in [5.41, 5.74) is 6.72. The molecule has 0 aliphatic rings. The molecule has 0 saturated heterocycles. The van der Waals surface area contributed by atoms with Crippen LogP contribution in [-0.2, 0) is 14.2 Å². The Hall–Kier alpha value is -4.37. The maximum absolute atomic E-state index is 11.0. The second-order valence-electron chi connectivity index (χ2n) is 7.95. The van der Waals surface area contributed by atoms with Crippen LogP contribution in [0.25, 0.3) is 0 Å². The Bertz CT molecular complexity index is 1360. The number of nitrogens with one attached hydrogen (secondary N) is 3. The molecule has 4 rings (SSSR count). The lowest BCUT2D eigenvalue weighted by atomic mass is 10.3. The van der Waals surface area contributed by atoms with E-state index in [4.69, 9.17) is 29.4 Å². The van der Waals surface area contributed by atoms with Crippen molar-refractivity contribution in [1.82, 2.24) is 19.9 Å². The molecule has 43 heavy (non-hydrogen) atoms. The summed E-state index contributed by atoms with van der Waals surface area (Å²) in [6.07, 6.45) is 4.80. The summed E-state index contributed by atoms with van der Waals surface area (Å²) in [5.74, 6) is 2.03. The molecule has 0 radical (unpaired) electrons. The zero-order valence-corrected chi connectivity index (χ0v) is 25.8. The van der Waals surface area contributed by atoms with E-state index in [1.54, 1.807) is 40.6 Å². The van der Waals surface area contributed by atoms with Crippen molar-refractivity contribution >= 4 is 29.1 Å². The molecule has 0 bridgehead atoms. The van der Waals surface area contributed by atoms with Gasteiger partial charge in [0.2, 0.25) is 5.95 Å². The number of nitrogens with two attached hydrogens (primary N) is 1. The lowest BCUT2D eigenvalue weighted by molar-refractivity contribution is 0.0385. The standard InChI is InChI=1S/C11H11N3O2.C7H9NO.C6H14O3.C5H6N2OS/c1-16-9-4-2-8(3-5-9)13-11-12-7-6-10(15)14-11;1-9-7-4-2-6(8)3-5-7;1-7-3-5-9-6-4-8-2;1-9-5-6-3-2-4(8)7-5/h2-7H,1H3,(H2,12,13,14,15);2-5H,8H2,1H3;3-6H2,1-2H3;2-3H,1H3,(H,6,7,8). The number of nitrogens with zero attached hydrogens (tertiary/aromatic N) is 2. The highest BCUT2D eigenvalue weighted by Gasteiger charge is 1.97. The molecule has 5 N–H and O–H groups in total. The first kappa shape index (κ1) is 36.7. The number of hydrogen-bond donors (Lipinski definition) is 4. The molecule has 14 heteroatoms. The lowest BCUT2D eigenvalue weighted by Crippen LogP contribution is -2.08. The third-order valence-electron chi connectivity index (χ3n) is 4.84. The molecule has 0 saturated carbocycles. The third-order valence-corrected chi connectivity index (χ3v) is 5.44. The summed E-state index contributed by atoms with van der Waals surface area (Å²) in [5, 5.41) is 3.63. The molecule has 234 valence electrons. The van der Waals surface area contributed by atoms with Crippen LogP contribution in [0, 0.1) is 0 Å². The van der Waals surface area contributed by atoms with Crippen LogP contribution in [0.1, 0.15) is 0 Å². The number of anilines is 3. The maximum atomic E-state index is 11.0. The van der Waals surface area contributed by atoms with Crippen LogP contribution >= 0.6 is 11.8 Å². The Kier molecular flexibility index (Phi) is 19.8. The molecule has 4 aromatic rings. The fourth-order valence-electron chi connectivity index (χ4n) is 2.69. The van der Waals surface area contributed by atoms with Gasteiger partial charge in [0.1, 0.15) is 11.5 Å². The van der Waals surface area contributed by atoms with Crippen LogP contribution in [0.5, 0.6) is 11.5 Å². The topological polar surface area (TPSA) is 176 Å². The van der Waals surface area contributed by atoms with E-state index in [9.17, 15) is 9.59 Å². The van der Waals surface area contributed by atoms with Crippen LogP contribution < -0.4 is 31.6 Å². The van der Waals surface area contributed by atoms with Gasteiger partial charge in [0.15, 0.2) is 5.16 Å². The number of methoxy groups -OCH3 is 4. The number of aromatic nitrogens is 4. The molecular formula is C29H40N6O7S. The molecule has 0 fully saturated rings. The van der Waals surface area contributed by atoms with E-state index in [0.717, 1.165) is 22.9 Å². The first-order chi connectivity index (χ1) is 20.8. The van der Waals surface area contributed by atoms with E-state index in [2.05, 4.69) is 25.3 Å². The summed E-state index contributed by atoms with van der Waals surface area (Å²) in [7, 11) is 6.55. The minimum Gasteiger partial charge on any atom is -0.497 e. The zero-order chi connectivity index (χ0) is 31.7. The van der Waals surface area contributed by atoms with Gasteiger partial charge in [0.05, 0.1) is 40.6 Å². The van der Waals surface area contributed by atoms with Gasteiger partial charge < -0.3 is 39.7 Å².